The van der Waals surface area contributed by atoms with Crippen molar-refractivity contribution in [2.45, 2.75) is 5.92 Å². The molecular formula is C18H13BrF2N2O2. The summed E-state index contributed by atoms with van der Waals surface area (Å²) in [5.41, 5.74) is 1.50. The molecule has 2 N–H and O–H groups in total. The normalized spacial score (nSPS) is 12.1. The summed E-state index contributed by atoms with van der Waals surface area (Å²) in [6.45, 7) is -0.0673. The number of aromatic nitrogens is 1. The second-order valence-electron chi connectivity index (χ2n) is 5.49. The van der Waals surface area contributed by atoms with Crippen LogP contribution in [0.1, 0.15) is 17.2 Å². The number of pyridine rings is 1. The van der Waals surface area contributed by atoms with Gasteiger partial charge in [-0.2, -0.15) is 0 Å². The van der Waals surface area contributed by atoms with Crippen LogP contribution in [0.3, 0.4) is 0 Å². The van der Waals surface area contributed by atoms with Gasteiger partial charge in [0.05, 0.1) is 11.2 Å². The molecule has 0 radical (unpaired) electrons. The van der Waals surface area contributed by atoms with Crippen molar-refractivity contribution in [2.24, 2.45) is 0 Å². The Balaban J connectivity index is 2.13. The summed E-state index contributed by atoms with van der Waals surface area (Å²) < 4.78 is 27.9. The zero-order valence-corrected chi connectivity index (χ0v) is 14.4. The fraction of sp³-hybridized carbons (Fsp3) is 0.111. The van der Waals surface area contributed by atoms with Gasteiger partial charge in [0.15, 0.2) is 0 Å². The van der Waals surface area contributed by atoms with Crippen LogP contribution in [0, 0.1) is 11.6 Å². The van der Waals surface area contributed by atoms with Gasteiger partial charge >= 0.3 is 6.09 Å². The smallest absolute Gasteiger partial charge is 0.404 e. The molecule has 0 fully saturated rings. The van der Waals surface area contributed by atoms with E-state index in [2.05, 4.69) is 26.2 Å². The zero-order chi connectivity index (χ0) is 18.0. The molecule has 0 saturated heterocycles. The molecule has 0 aliphatic heterocycles. The minimum absolute atomic E-state index is 0.0673. The maximum atomic E-state index is 13.6. The molecule has 0 spiro atoms. The Labute approximate surface area is 150 Å². The van der Waals surface area contributed by atoms with Gasteiger partial charge in [0, 0.05) is 28.4 Å². The Kier molecular flexibility index (Phi) is 4.94. The number of fused-ring (bicyclic) bond motifs is 1. The van der Waals surface area contributed by atoms with Crippen LogP contribution in [0.2, 0.25) is 0 Å². The second kappa shape index (κ2) is 7.14. The Hall–Kier alpha value is -2.54. The molecule has 0 bridgehead atoms. The number of amides is 1. The molecular weight excluding hydrogens is 394 g/mol. The molecule has 1 heterocycles. The van der Waals surface area contributed by atoms with E-state index in [1.807, 2.05) is 30.3 Å². The molecule has 1 amide bonds. The molecule has 128 valence electrons. The minimum Gasteiger partial charge on any atom is -0.465 e. The van der Waals surface area contributed by atoms with Crippen LogP contribution in [-0.4, -0.2) is 22.7 Å². The van der Waals surface area contributed by atoms with Crippen LogP contribution in [0.5, 0.6) is 0 Å². The Morgan fingerprint density at radius 1 is 1.16 bits per heavy atom. The lowest BCUT2D eigenvalue weighted by molar-refractivity contribution is 0.194. The van der Waals surface area contributed by atoms with E-state index in [1.54, 1.807) is 0 Å². The van der Waals surface area contributed by atoms with Crippen molar-refractivity contribution in [2.75, 3.05) is 6.54 Å². The highest BCUT2D eigenvalue weighted by molar-refractivity contribution is 9.10. The molecule has 0 aliphatic rings. The van der Waals surface area contributed by atoms with E-state index in [9.17, 15) is 13.6 Å². The van der Waals surface area contributed by atoms with Crippen molar-refractivity contribution < 1.29 is 18.7 Å². The largest absolute Gasteiger partial charge is 0.465 e. The van der Waals surface area contributed by atoms with Crippen LogP contribution in [-0.2, 0) is 0 Å². The first-order chi connectivity index (χ1) is 11.9. The lowest BCUT2D eigenvalue weighted by Gasteiger charge is -2.19. The second-order valence-corrected chi connectivity index (χ2v) is 6.34. The quantitative estimate of drug-likeness (QED) is 0.661. The highest BCUT2D eigenvalue weighted by Gasteiger charge is 2.21. The topological polar surface area (TPSA) is 62.2 Å². The van der Waals surface area contributed by atoms with E-state index in [0.717, 1.165) is 11.5 Å². The van der Waals surface area contributed by atoms with Crippen molar-refractivity contribution >= 4 is 32.9 Å². The number of halogens is 3. The highest BCUT2D eigenvalue weighted by Crippen LogP contribution is 2.32. The zero-order valence-electron chi connectivity index (χ0n) is 12.8. The summed E-state index contributed by atoms with van der Waals surface area (Å²) in [7, 11) is 0. The van der Waals surface area contributed by atoms with Crippen molar-refractivity contribution in [1.29, 1.82) is 0 Å². The van der Waals surface area contributed by atoms with Gasteiger partial charge in [0.1, 0.15) is 11.6 Å². The van der Waals surface area contributed by atoms with E-state index in [1.165, 1.54) is 12.1 Å². The van der Waals surface area contributed by atoms with Crippen LogP contribution >= 0.6 is 15.9 Å². The molecule has 3 rings (SSSR count). The average molecular weight is 407 g/mol. The number of benzene rings is 2. The number of nitrogens with zero attached hydrogens (tertiary/aromatic N) is 1. The summed E-state index contributed by atoms with van der Waals surface area (Å²) in [6.07, 6.45) is -1.22. The first kappa shape index (κ1) is 17.3. The first-order valence-electron chi connectivity index (χ1n) is 7.42. The van der Waals surface area contributed by atoms with Gasteiger partial charge in [-0.25, -0.2) is 13.6 Å². The third-order valence-electron chi connectivity index (χ3n) is 3.78. The van der Waals surface area contributed by atoms with E-state index >= 15 is 0 Å². The number of para-hydroxylation sites is 1. The fourth-order valence-electron chi connectivity index (χ4n) is 2.69. The highest BCUT2D eigenvalue weighted by atomic mass is 79.9. The molecule has 2 aromatic carbocycles. The molecule has 3 aromatic rings. The summed E-state index contributed by atoms with van der Waals surface area (Å²) in [6, 6.07) is 12.4. The average Bonchev–Trinajstić information content (AvgIpc) is 2.54. The maximum Gasteiger partial charge on any atom is 0.404 e. The number of hydrogen-bond donors (Lipinski definition) is 2. The Morgan fingerprint density at radius 3 is 2.52 bits per heavy atom. The molecule has 25 heavy (non-hydrogen) atoms. The predicted octanol–water partition coefficient (Wildman–Crippen LogP) is 4.68. The maximum absolute atomic E-state index is 13.6. The SMILES string of the molecule is O=C(O)NC[C@@H](c1cc(F)cc(F)c1)c1nc2ccccc2cc1Br. The molecule has 7 heteroatoms. The lowest BCUT2D eigenvalue weighted by atomic mass is 9.94. The number of carboxylic acid groups (broad SMARTS) is 1. The van der Waals surface area contributed by atoms with Crippen molar-refractivity contribution in [1.82, 2.24) is 10.3 Å². The van der Waals surface area contributed by atoms with Crippen LogP contribution in [0.4, 0.5) is 13.6 Å². The number of carbonyl (C=O) groups is 1. The summed E-state index contributed by atoms with van der Waals surface area (Å²) in [4.78, 5) is 15.5. The van der Waals surface area contributed by atoms with Crippen molar-refractivity contribution in [3.63, 3.8) is 0 Å². The number of hydrogen-bond acceptors (Lipinski definition) is 2. The van der Waals surface area contributed by atoms with Gasteiger partial charge in [-0.05, 0) is 45.8 Å². The van der Waals surface area contributed by atoms with Gasteiger partial charge in [-0.15, -0.1) is 0 Å². The summed E-state index contributed by atoms with van der Waals surface area (Å²) >= 11 is 3.43. The minimum atomic E-state index is -1.22. The van der Waals surface area contributed by atoms with Crippen molar-refractivity contribution in [3.05, 3.63) is 75.9 Å². The Morgan fingerprint density at radius 2 is 1.84 bits per heavy atom. The third-order valence-corrected chi connectivity index (χ3v) is 4.41. The first-order valence-corrected chi connectivity index (χ1v) is 8.21. The molecule has 0 saturated carbocycles. The van der Waals surface area contributed by atoms with E-state index in [-0.39, 0.29) is 6.54 Å². The van der Waals surface area contributed by atoms with Crippen LogP contribution < -0.4 is 5.32 Å². The fourth-order valence-corrected chi connectivity index (χ4v) is 3.30. The molecule has 4 nitrogen and oxygen atoms in total. The standard InChI is InChI=1S/C18H13BrF2N2O2/c19-15-7-10-3-1-2-4-16(10)23-17(15)14(9-22-18(24)25)11-5-12(20)8-13(21)6-11/h1-8,14,22H,9H2,(H,24,25)/t14-/m0/s1. The summed E-state index contributed by atoms with van der Waals surface area (Å²) in [5.74, 6) is -2.11. The third kappa shape index (κ3) is 3.93. The van der Waals surface area contributed by atoms with Crippen LogP contribution in [0.25, 0.3) is 10.9 Å². The van der Waals surface area contributed by atoms with Gasteiger partial charge < -0.3 is 10.4 Å². The molecule has 0 unspecified atom stereocenters. The van der Waals surface area contributed by atoms with E-state index < -0.39 is 23.6 Å². The molecule has 1 atom stereocenters. The predicted molar refractivity (Wildman–Crippen MR) is 93.7 cm³/mol. The van der Waals surface area contributed by atoms with E-state index in [4.69, 9.17) is 5.11 Å². The lowest BCUT2D eigenvalue weighted by Crippen LogP contribution is -2.28. The molecule has 1 aromatic heterocycles. The van der Waals surface area contributed by atoms with E-state index in [0.29, 0.717) is 21.2 Å². The number of rotatable bonds is 4. The molecule has 0 aliphatic carbocycles. The Bertz CT molecular complexity index is 929. The van der Waals surface area contributed by atoms with Gasteiger partial charge in [-0.1, -0.05) is 18.2 Å². The van der Waals surface area contributed by atoms with Gasteiger partial charge in [0.25, 0.3) is 0 Å². The monoisotopic (exact) mass is 406 g/mol. The van der Waals surface area contributed by atoms with Crippen molar-refractivity contribution in [3.8, 4) is 0 Å². The summed E-state index contributed by atoms with van der Waals surface area (Å²) in [5, 5.41) is 12.1. The van der Waals surface area contributed by atoms with Gasteiger partial charge in [-0.3, -0.25) is 4.98 Å². The van der Waals surface area contributed by atoms with Gasteiger partial charge in [0.2, 0.25) is 0 Å². The van der Waals surface area contributed by atoms with Crippen LogP contribution in [0.15, 0.2) is 53.0 Å². The number of nitrogens with one attached hydrogen (secondary N) is 1.